The number of guanidine groups is 1. The number of nitrogens with zero attached hydrogens (tertiary/aromatic N) is 2. The molecule has 0 fully saturated rings. The van der Waals surface area contributed by atoms with Gasteiger partial charge in [0.25, 0.3) is 0 Å². The number of hydrogen-bond donors (Lipinski definition) is 2. The molecule has 0 heterocycles. The summed E-state index contributed by atoms with van der Waals surface area (Å²) in [4.78, 5) is 6.49. The van der Waals surface area contributed by atoms with E-state index in [9.17, 15) is 0 Å². The largest absolute Gasteiger partial charge is 0.385 e. The van der Waals surface area contributed by atoms with E-state index in [0.717, 1.165) is 49.2 Å². The molecule has 2 N–H and O–H groups in total. The van der Waals surface area contributed by atoms with Crippen LogP contribution in [0.2, 0.25) is 5.02 Å². The Balaban J connectivity index is 0.00000484. The van der Waals surface area contributed by atoms with Crippen LogP contribution in [0, 0.1) is 0 Å². The van der Waals surface area contributed by atoms with Crippen LogP contribution in [0.3, 0.4) is 0 Å². The number of likely N-dealkylation sites (N-methyl/N-ethyl adjacent to an activating group) is 1. The maximum atomic E-state index is 6.14. The van der Waals surface area contributed by atoms with Crippen LogP contribution in [0.5, 0.6) is 0 Å². The molecule has 0 saturated heterocycles. The van der Waals surface area contributed by atoms with E-state index >= 15 is 0 Å². The quantitative estimate of drug-likeness (QED) is 0.261. The van der Waals surface area contributed by atoms with Crippen molar-refractivity contribution in [1.29, 1.82) is 0 Å². The summed E-state index contributed by atoms with van der Waals surface area (Å²) >= 11 is 6.14. The summed E-state index contributed by atoms with van der Waals surface area (Å²) in [5.41, 5.74) is 1.06. The molecule has 0 amide bonds. The Morgan fingerprint density at radius 1 is 1.26 bits per heavy atom. The highest BCUT2D eigenvalue weighted by atomic mass is 127. The smallest absolute Gasteiger partial charge is 0.191 e. The van der Waals surface area contributed by atoms with Gasteiger partial charge >= 0.3 is 0 Å². The molecule has 0 saturated carbocycles. The topological polar surface area (TPSA) is 48.9 Å². The minimum absolute atomic E-state index is 0. The summed E-state index contributed by atoms with van der Waals surface area (Å²) in [5, 5.41) is 7.34. The number of nitrogens with one attached hydrogen (secondary N) is 2. The highest BCUT2D eigenvalue weighted by Crippen LogP contribution is 2.14. The first-order valence-electron chi connectivity index (χ1n) is 7.52. The van der Waals surface area contributed by atoms with Crippen molar-refractivity contribution in [2.75, 3.05) is 47.4 Å². The Kier molecular flexibility index (Phi) is 13.5. The standard InChI is InChI=1S/C16H27ClN4O.HI/c1-18-16(19-9-11-21(2)10-6-12-22-3)20-13-14-7-4-5-8-15(14)17;/h4-5,7-8H,6,9-13H2,1-3H3,(H2,18,19,20);1H. The first kappa shape index (κ1) is 22.4. The lowest BCUT2D eigenvalue weighted by Crippen LogP contribution is -2.40. The minimum Gasteiger partial charge on any atom is -0.385 e. The van der Waals surface area contributed by atoms with Gasteiger partial charge in [0.2, 0.25) is 0 Å². The highest BCUT2D eigenvalue weighted by molar-refractivity contribution is 14.0. The van der Waals surface area contributed by atoms with Gasteiger partial charge in [0.15, 0.2) is 5.96 Å². The molecule has 0 spiro atoms. The molecule has 0 atom stereocenters. The molecule has 0 bridgehead atoms. The molecule has 1 aromatic carbocycles. The average molecular weight is 455 g/mol. The lowest BCUT2D eigenvalue weighted by molar-refractivity contribution is 0.180. The summed E-state index contributed by atoms with van der Waals surface area (Å²) in [6.45, 7) is 4.28. The second-order valence-electron chi connectivity index (χ2n) is 5.09. The maximum absolute atomic E-state index is 6.14. The summed E-state index contributed by atoms with van der Waals surface area (Å²) in [7, 11) is 5.61. The number of benzene rings is 1. The van der Waals surface area contributed by atoms with Crippen molar-refractivity contribution in [3.63, 3.8) is 0 Å². The number of aliphatic imine (C=N–C) groups is 1. The lowest BCUT2D eigenvalue weighted by atomic mass is 10.2. The van der Waals surface area contributed by atoms with Gasteiger partial charge in [-0.2, -0.15) is 0 Å². The van der Waals surface area contributed by atoms with Gasteiger partial charge in [-0.3, -0.25) is 4.99 Å². The summed E-state index contributed by atoms with van der Waals surface area (Å²) in [6, 6.07) is 7.81. The molecule has 0 aromatic heterocycles. The van der Waals surface area contributed by atoms with E-state index in [4.69, 9.17) is 16.3 Å². The molecule has 7 heteroatoms. The van der Waals surface area contributed by atoms with Gasteiger partial charge < -0.3 is 20.3 Å². The molecule has 23 heavy (non-hydrogen) atoms. The first-order valence-corrected chi connectivity index (χ1v) is 7.90. The van der Waals surface area contributed by atoms with Gasteiger partial charge in [0.1, 0.15) is 0 Å². The van der Waals surface area contributed by atoms with E-state index in [0.29, 0.717) is 6.54 Å². The monoisotopic (exact) mass is 454 g/mol. The van der Waals surface area contributed by atoms with Gasteiger partial charge in [-0.1, -0.05) is 29.8 Å². The van der Waals surface area contributed by atoms with Gasteiger partial charge in [0.05, 0.1) is 0 Å². The van der Waals surface area contributed by atoms with Crippen LogP contribution < -0.4 is 10.6 Å². The first-order chi connectivity index (χ1) is 10.7. The summed E-state index contributed by atoms with van der Waals surface area (Å²) < 4.78 is 5.05. The van der Waals surface area contributed by atoms with Gasteiger partial charge in [-0.05, 0) is 25.1 Å². The van der Waals surface area contributed by atoms with Crippen LogP contribution in [0.15, 0.2) is 29.3 Å². The third-order valence-corrected chi connectivity index (χ3v) is 3.67. The average Bonchev–Trinajstić information content (AvgIpc) is 2.52. The van der Waals surface area contributed by atoms with Crippen molar-refractivity contribution in [1.82, 2.24) is 15.5 Å². The highest BCUT2D eigenvalue weighted by Gasteiger charge is 2.02. The molecule has 132 valence electrons. The van der Waals surface area contributed by atoms with Crippen LogP contribution >= 0.6 is 35.6 Å². The molecule has 0 radical (unpaired) electrons. The van der Waals surface area contributed by atoms with Crippen molar-refractivity contribution in [2.45, 2.75) is 13.0 Å². The summed E-state index contributed by atoms with van der Waals surface area (Å²) in [6.07, 6.45) is 1.05. The van der Waals surface area contributed by atoms with E-state index in [1.54, 1.807) is 14.2 Å². The van der Waals surface area contributed by atoms with Crippen LogP contribution in [-0.4, -0.2) is 58.3 Å². The molecular weight excluding hydrogens is 427 g/mol. The van der Waals surface area contributed by atoms with E-state index in [1.807, 2.05) is 24.3 Å². The number of halogens is 2. The van der Waals surface area contributed by atoms with Crippen molar-refractivity contribution in [3.05, 3.63) is 34.9 Å². The van der Waals surface area contributed by atoms with Gasteiger partial charge in [-0.25, -0.2) is 0 Å². The molecule has 0 aliphatic rings. The second kappa shape index (κ2) is 13.8. The van der Waals surface area contributed by atoms with Crippen LogP contribution in [0.1, 0.15) is 12.0 Å². The van der Waals surface area contributed by atoms with E-state index in [-0.39, 0.29) is 24.0 Å². The molecule has 1 rings (SSSR count). The number of ether oxygens (including phenoxy) is 1. The third kappa shape index (κ3) is 10.0. The predicted octanol–water partition coefficient (Wildman–Crippen LogP) is 2.59. The fourth-order valence-electron chi connectivity index (χ4n) is 2.00. The predicted molar refractivity (Wildman–Crippen MR) is 109 cm³/mol. The molecule has 5 nitrogen and oxygen atoms in total. The van der Waals surface area contributed by atoms with E-state index < -0.39 is 0 Å². The zero-order valence-corrected chi connectivity index (χ0v) is 17.2. The summed E-state index contributed by atoms with van der Waals surface area (Å²) in [5.74, 6) is 0.783. The fraction of sp³-hybridized carbons (Fsp3) is 0.562. The second-order valence-corrected chi connectivity index (χ2v) is 5.50. The number of methoxy groups -OCH3 is 1. The van der Waals surface area contributed by atoms with Crippen LogP contribution in [0.4, 0.5) is 0 Å². The SMILES string of the molecule is CN=C(NCCN(C)CCCOC)NCc1ccccc1Cl.I. The molecule has 1 aromatic rings. The number of hydrogen-bond acceptors (Lipinski definition) is 3. The van der Waals surface area contributed by atoms with Crippen molar-refractivity contribution in [2.24, 2.45) is 4.99 Å². The fourth-order valence-corrected chi connectivity index (χ4v) is 2.20. The Hall–Kier alpha value is -0.570. The Bertz CT molecular complexity index is 459. The third-order valence-electron chi connectivity index (χ3n) is 3.30. The van der Waals surface area contributed by atoms with Crippen molar-refractivity contribution in [3.8, 4) is 0 Å². The maximum Gasteiger partial charge on any atom is 0.191 e. The normalized spacial score (nSPS) is 11.3. The van der Waals surface area contributed by atoms with Gasteiger partial charge in [0, 0.05) is 52.0 Å². The minimum atomic E-state index is 0. The molecule has 0 aliphatic carbocycles. The molecule has 0 aliphatic heterocycles. The van der Waals surface area contributed by atoms with E-state index in [2.05, 4.69) is 27.6 Å². The zero-order chi connectivity index (χ0) is 16.2. The zero-order valence-electron chi connectivity index (χ0n) is 14.1. The number of rotatable bonds is 9. The van der Waals surface area contributed by atoms with Crippen LogP contribution in [-0.2, 0) is 11.3 Å². The molecular formula is C16H28ClIN4O. The van der Waals surface area contributed by atoms with Crippen LogP contribution in [0.25, 0.3) is 0 Å². The van der Waals surface area contributed by atoms with Crippen molar-refractivity contribution < 1.29 is 4.74 Å². The van der Waals surface area contributed by atoms with E-state index in [1.165, 1.54) is 0 Å². The Labute approximate surface area is 161 Å². The van der Waals surface area contributed by atoms with Crippen molar-refractivity contribution >= 4 is 41.5 Å². The van der Waals surface area contributed by atoms with Gasteiger partial charge in [-0.15, -0.1) is 24.0 Å². The Morgan fingerprint density at radius 2 is 2.00 bits per heavy atom. The molecule has 0 unspecified atom stereocenters. The Morgan fingerprint density at radius 3 is 2.65 bits per heavy atom. The lowest BCUT2D eigenvalue weighted by Gasteiger charge is -2.18.